The molecule has 0 aliphatic carbocycles. The molecule has 1 aliphatic heterocycles. The molecule has 0 radical (unpaired) electrons. The van der Waals surface area contributed by atoms with Gasteiger partial charge in [0.25, 0.3) is 0 Å². The number of carbonyl (C=O) groups is 2. The molecule has 1 heterocycles. The third-order valence-corrected chi connectivity index (χ3v) is 3.93. The van der Waals surface area contributed by atoms with Crippen LogP contribution in [0.15, 0.2) is 41.6 Å². The van der Waals surface area contributed by atoms with E-state index >= 15 is 0 Å². The average molecular weight is 360 g/mol. The summed E-state index contributed by atoms with van der Waals surface area (Å²) in [5.41, 5.74) is 1.68. The number of nitrogens with zero attached hydrogens (tertiary/aromatic N) is 1. The second-order valence-corrected chi connectivity index (χ2v) is 7.29. The predicted molar refractivity (Wildman–Crippen MR) is 99.5 cm³/mol. The lowest BCUT2D eigenvalue weighted by molar-refractivity contribution is -0.138. The van der Waals surface area contributed by atoms with E-state index in [2.05, 4.69) is 5.32 Å². The van der Waals surface area contributed by atoms with E-state index in [1.54, 1.807) is 6.92 Å². The summed E-state index contributed by atoms with van der Waals surface area (Å²) in [6.07, 6.45) is -0.441. The summed E-state index contributed by atoms with van der Waals surface area (Å²) in [5.74, 6) is -0.402. The molecule has 1 N–H and O–H groups in total. The van der Waals surface area contributed by atoms with Crippen molar-refractivity contribution < 1.29 is 19.1 Å². The third-order valence-electron chi connectivity index (χ3n) is 3.93. The number of carbonyl (C=O) groups excluding carboxylic acids is 2. The van der Waals surface area contributed by atoms with Crippen molar-refractivity contribution in [1.82, 2.24) is 10.2 Å². The highest BCUT2D eigenvalue weighted by Crippen LogP contribution is 2.23. The lowest BCUT2D eigenvalue weighted by Crippen LogP contribution is -2.36. The van der Waals surface area contributed by atoms with Crippen molar-refractivity contribution in [2.24, 2.45) is 0 Å². The second-order valence-electron chi connectivity index (χ2n) is 7.29. The maximum absolute atomic E-state index is 12.4. The monoisotopic (exact) mass is 360 g/mol. The Balaban J connectivity index is 2.16. The average Bonchev–Trinajstić information content (AvgIpc) is 2.98. The Hall–Kier alpha value is -2.50. The van der Waals surface area contributed by atoms with E-state index in [1.807, 2.05) is 58.0 Å². The molecule has 0 aromatic heterocycles. The largest absolute Gasteiger partial charge is 0.463 e. The van der Waals surface area contributed by atoms with Crippen molar-refractivity contribution in [1.29, 1.82) is 0 Å². The highest BCUT2D eigenvalue weighted by Gasteiger charge is 2.33. The number of ether oxygens (including phenoxy) is 2. The lowest BCUT2D eigenvalue weighted by atomic mass is 10.1. The molecular weight excluding hydrogens is 332 g/mol. The molecule has 6 nitrogen and oxygen atoms in total. The Morgan fingerprint density at radius 1 is 1.19 bits per heavy atom. The minimum atomic E-state index is -0.589. The summed E-state index contributed by atoms with van der Waals surface area (Å²) >= 11 is 0. The Bertz CT molecular complexity index is 677. The first-order valence-corrected chi connectivity index (χ1v) is 8.89. The predicted octanol–water partition coefficient (Wildman–Crippen LogP) is 3.41. The van der Waals surface area contributed by atoms with Crippen LogP contribution in [0.5, 0.6) is 0 Å². The number of hydrogen-bond donors (Lipinski definition) is 1. The fraction of sp³-hybridized carbons (Fsp3) is 0.500. The number of nitrogens with one attached hydrogen (secondary N) is 1. The smallest absolute Gasteiger partial charge is 0.410 e. The Morgan fingerprint density at radius 2 is 1.85 bits per heavy atom. The van der Waals surface area contributed by atoms with E-state index < -0.39 is 17.7 Å². The highest BCUT2D eigenvalue weighted by molar-refractivity contribution is 5.91. The maximum atomic E-state index is 12.4. The summed E-state index contributed by atoms with van der Waals surface area (Å²) in [7, 11) is 0. The molecule has 0 bridgehead atoms. The van der Waals surface area contributed by atoms with E-state index in [4.69, 9.17) is 9.47 Å². The van der Waals surface area contributed by atoms with Crippen LogP contribution in [0.1, 0.15) is 46.2 Å². The first-order valence-electron chi connectivity index (χ1n) is 8.89. The zero-order chi connectivity index (χ0) is 19.3. The molecule has 1 unspecified atom stereocenters. The molecule has 1 atom stereocenters. The Labute approximate surface area is 155 Å². The van der Waals surface area contributed by atoms with Crippen molar-refractivity contribution in [2.45, 2.75) is 46.3 Å². The van der Waals surface area contributed by atoms with Gasteiger partial charge in [-0.1, -0.05) is 30.3 Å². The van der Waals surface area contributed by atoms with Gasteiger partial charge in [0.1, 0.15) is 5.60 Å². The van der Waals surface area contributed by atoms with Gasteiger partial charge in [0, 0.05) is 11.7 Å². The van der Waals surface area contributed by atoms with Crippen LogP contribution in [0.2, 0.25) is 0 Å². The van der Waals surface area contributed by atoms with Crippen molar-refractivity contribution in [3.8, 4) is 0 Å². The number of rotatable bonds is 5. The summed E-state index contributed by atoms with van der Waals surface area (Å²) < 4.78 is 10.6. The second kappa shape index (κ2) is 8.25. The van der Waals surface area contributed by atoms with Crippen LogP contribution in [-0.2, 0) is 14.3 Å². The molecule has 26 heavy (non-hydrogen) atoms. The van der Waals surface area contributed by atoms with Crippen LogP contribution < -0.4 is 5.32 Å². The maximum Gasteiger partial charge on any atom is 0.410 e. The summed E-state index contributed by atoms with van der Waals surface area (Å²) in [6, 6.07) is 9.92. The molecule has 142 valence electrons. The zero-order valence-corrected chi connectivity index (χ0v) is 16.2. The quantitative estimate of drug-likeness (QED) is 0.815. The SMILES string of the molecule is CCOC(=O)C1=C(NC(C)c2ccccc2)CN(C(=O)OC(C)(C)C)C1. The molecule has 1 amide bonds. The van der Waals surface area contributed by atoms with Gasteiger partial charge in [-0.25, -0.2) is 9.59 Å². The van der Waals surface area contributed by atoms with Crippen LogP contribution >= 0.6 is 0 Å². The van der Waals surface area contributed by atoms with Gasteiger partial charge in [-0.15, -0.1) is 0 Å². The molecule has 1 aromatic rings. The number of hydrogen-bond acceptors (Lipinski definition) is 5. The minimum Gasteiger partial charge on any atom is -0.463 e. The summed E-state index contributed by atoms with van der Waals surface area (Å²) in [6.45, 7) is 9.99. The van der Waals surface area contributed by atoms with Crippen LogP contribution in [0.25, 0.3) is 0 Å². The third kappa shape index (κ3) is 5.25. The molecule has 0 saturated heterocycles. The number of benzene rings is 1. The van der Waals surface area contributed by atoms with E-state index in [0.29, 0.717) is 17.8 Å². The molecule has 1 aliphatic rings. The number of amides is 1. The van der Waals surface area contributed by atoms with Gasteiger partial charge in [-0.05, 0) is 40.2 Å². The topological polar surface area (TPSA) is 67.9 Å². The van der Waals surface area contributed by atoms with Crippen molar-refractivity contribution in [2.75, 3.05) is 19.7 Å². The molecular formula is C20H28N2O4. The fourth-order valence-corrected chi connectivity index (χ4v) is 2.71. The molecule has 1 aromatic carbocycles. The number of esters is 1. The van der Waals surface area contributed by atoms with Crippen molar-refractivity contribution in [3.05, 3.63) is 47.2 Å². The molecule has 0 fully saturated rings. The normalized spacial score (nSPS) is 15.7. The molecule has 6 heteroatoms. The molecule has 0 spiro atoms. The van der Waals surface area contributed by atoms with Gasteiger partial charge in [0.05, 0.1) is 25.3 Å². The standard InChI is InChI=1S/C20H28N2O4/c1-6-25-18(23)16-12-22(19(24)26-20(3,4)5)13-17(16)21-14(2)15-10-8-7-9-11-15/h7-11,14,21H,6,12-13H2,1-5H3. The van der Waals surface area contributed by atoms with Crippen LogP contribution in [0.4, 0.5) is 4.79 Å². The van der Waals surface area contributed by atoms with Gasteiger partial charge < -0.3 is 14.8 Å². The van der Waals surface area contributed by atoms with Gasteiger partial charge in [-0.3, -0.25) is 4.90 Å². The Kier molecular flexibility index (Phi) is 6.29. The summed E-state index contributed by atoms with van der Waals surface area (Å²) in [5, 5.41) is 3.36. The minimum absolute atomic E-state index is 0.00536. The van der Waals surface area contributed by atoms with Gasteiger partial charge in [-0.2, -0.15) is 0 Å². The van der Waals surface area contributed by atoms with E-state index in [-0.39, 0.29) is 19.2 Å². The van der Waals surface area contributed by atoms with Gasteiger partial charge >= 0.3 is 12.1 Å². The van der Waals surface area contributed by atoms with Gasteiger partial charge in [0.15, 0.2) is 0 Å². The zero-order valence-electron chi connectivity index (χ0n) is 16.2. The van der Waals surface area contributed by atoms with E-state index in [0.717, 1.165) is 5.56 Å². The van der Waals surface area contributed by atoms with Crippen molar-refractivity contribution >= 4 is 12.1 Å². The molecule has 0 saturated carbocycles. The van der Waals surface area contributed by atoms with Crippen LogP contribution in [0, 0.1) is 0 Å². The van der Waals surface area contributed by atoms with Crippen molar-refractivity contribution in [3.63, 3.8) is 0 Å². The summed E-state index contributed by atoms with van der Waals surface area (Å²) in [4.78, 5) is 26.2. The Morgan fingerprint density at radius 3 is 2.42 bits per heavy atom. The highest BCUT2D eigenvalue weighted by atomic mass is 16.6. The first-order chi connectivity index (χ1) is 12.2. The fourth-order valence-electron chi connectivity index (χ4n) is 2.71. The first kappa shape index (κ1) is 19.8. The van der Waals surface area contributed by atoms with E-state index in [9.17, 15) is 9.59 Å². The van der Waals surface area contributed by atoms with Gasteiger partial charge in [0.2, 0.25) is 0 Å². The van der Waals surface area contributed by atoms with E-state index in [1.165, 1.54) is 4.90 Å². The molecule has 2 rings (SSSR count). The van der Waals surface area contributed by atoms with Crippen LogP contribution in [-0.4, -0.2) is 42.3 Å². The lowest BCUT2D eigenvalue weighted by Gasteiger charge is -2.25. The van der Waals surface area contributed by atoms with Crippen LogP contribution in [0.3, 0.4) is 0 Å².